The fourth-order valence-electron chi connectivity index (χ4n) is 2.47. The highest BCUT2D eigenvalue weighted by molar-refractivity contribution is 9.10. The highest BCUT2D eigenvalue weighted by Gasteiger charge is 2.15. The van der Waals surface area contributed by atoms with E-state index in [1.807, 2.05) is 26.0 Å². The van der Waals surface area contributed by atoms with Crippen LogP contribution in [0.1, 0.15) is 28.6 Å². The standard InChI is InChI=1S/C16H20BrN3O/c1-10-6-12(7-11(2)19-10)15(20-18)9-13-8-14(17)4-5-16(13)21-3/h4-8,15,20H,9,18H2,1-3H3. The van der Waals surface area contributed by atoms with Crippen molar-refractivity contribution in [3.05, 3.63) is 57.3 Å². The molecule has 3 N–H and O–H groups in total. The van der Waals surface area contributed by atoms with E-state index in [0.717, 1.165) is 39.2 Å². The Bertz CT molecular complexity index is 611. The first-order valence-corrected chi connectivity index (χ1v) is 7.56. The van der Waals surface area contributed by atoms with Crippen LogP contribution in [0.5, 0.6) is 5.75 Å². The molecule has 1 aromatic heterocycles. The smallest absolute Gasteiger partial charge is 0.122 e. The van der Waals surface area contributed by atoms with Gasteiger partial charge in [0.05, 0.1) is 13.2 Å². The van der Waals surface area contributed by atoms with Gasteiger partial charge in [-0.25, -0.2) is 0 Å². The largest absolute Gasteiger partial charge is 0.496 e. The number of hydrogen-bond donors (Lipinski definition) is 2. The van der Waals surface area contributed by atoms with Crippen molar-refractivity contribution in [2.45, 2.75) is 26.3 Å². The zero-order chi connectivity index (χ0) is 15.4. The molecule has 2 rings (SSSR count). The normalized spacial score (nSPS) is 12.2. The van der Waals surface area contributed by atoms with Crippen molar-refractivity contribution in [3.63, 3.8) is 0 Å². The average Bonchev–Trinajstić information content (AvgIpc) is 2.43. The Morgan fingerprint density at radius 3 is 2.48 bits per heavy atom. The lowest BCUT2D eigenvalue weighted by molar-refractivity contribution is 0.405. The molecule has 0 amide bonds. The number of benzene rings is 1. The molecule has 0 saturated heterocycles. The van der Waals surface area contributed by atoms with E-state index < -0.39 is 0 Å². The van der Waals surface area contributed by atoms with E-state index in [1.54, 1.807) is 7.11 Å². The fourth-order valence-corrected chi connectivity index (χ4v) is 2.88. The Morgan fingerprint density at radius 1 is 1.24 bits per heavy atom. The van der Waals surface area contributed by atoms with Crippen molar-refractivity contribution in [1.29, 1.82) is 0 Å². The number of nitrogens with zero attached hydrogens (tertiary/aromatic N) is 1. The molecule has 0 bridgehead atoms. The second-order valence-electron chi connectivity index (χ2n) is 5.06. The summed E-state index contributed by atoms with van der Waals surface area (Å²) in [6, 6.07) is 10.1. The average molecular weight is 350 g/mol. The van der Waals surface area contributed by atoms with E-state index in [0.29, 0.717) is 0 Å². The quantitative estimate of drug-likeness (QED) is 0.642. The van der Waals surface area contributed by atoms with Crippen LogP contribution in [0.15, 0.2) is 34.8 Å². The Labute approximate surface area is 133 Å². The van der Waals surface area contributed by atoms with E-state index in [-0.39, 0.29) is 6.04 Å². The van der Waals surface area contributed by atoms with Crippen LogP contribution in [0.25, 0.3) is 0 Å². The molecule has 1 aromatic carbocycles. The van der Waals surface area contributed by atoms with Crippen molar-refractivity contribution < 1.29 is 4.74 Å². The lowest BCUT2D eigenvalue weighted by atomic mass is 9.98. The summed E-state index contributed by atoms with van der Waals surface area (Å²) < 4.78 is 6.45. The number of methoxy groups -OCH3 is 1. The van der Waals surface area contributed by atoms with Crippen LogP contribution in [-0.4, -0.2) is 12.1 Å². The first-order chi connectivity index (χ1) is 10.0. The number of rotatable bonds is 5. The molecular formula is C16H20BrN3O. The van der Waals surface area contributed by atoms with E-state index in [4.69, 9.17) is 10.6 Å². The molecule has 0 aliphatic carbocycles. The topological polar surface area (TPSA) is 60.2 Å². The van der Waals surface area contributed by atoms with Crippen molar-refractivity contribution >= 4 is 15.9 Å². The summed E-state index contributed by atoms with van der Waals surface area (Å²) in [6.45, 7) is 3.98. The summed E-state index contributed by atoms with van der Waals surface area (Å²) in [7, 11) is 1.68. The van der Waals surface area contributed by atoms with E-state index in [2.05, 4.69) is 44.5 Å². The molecule has 4 nitrogen and oxygen atoms in total. The molecule has 1 unspecified atom stereocenters. The summed E-state index contributed by atoms with van der Waals surface area (Å²) >= 11 is 3.50. The molecule has 0 aliphatic heterocycles. The van der Waals surface area contributed by atoms with Gasteiger partial charge in [-0.15, -0.1) is 0 Å². The summed E-state index contributed by atoms with van der Waals surface area (Å²) in [4.78, 5) is 4.41. The molecular weight excluding hydrogens is 330 g/mol. The minimum absolute atomic E-state index is 0.00796. The molecule has 1 heterocycles. The van der Waals surface area contributed by atoms with Gasteiger partial charge in [0.25, 0.3) is 0 Å². The number of pyridine rings is 1. The molecule has 0 fully saturated rings. The van der Waals surface area contributed by atoms with Gasteiger partial charge in [0.1, 0.15) is 5.75 Å². The molecule has 0 aliphatic rings. The summed E-state index contributed by atoms with van der Waals surface area (Å²) in [5.74, 6) is 6.62. The minimum atomic E-state index is 0.00796. The maximum absolute atomic E-state index is 5.76. The summed E-state index contributed by atoms with van der Waals surface area (Å²) in [5.41, 5.74) is 7.11. The first kappa shape index (κ1) is 15.9. The van der Waals surface area contributed by atoms with Crippen LogP contribution in [0, 0.1) is 13.8 Å². The Hall–Kier alpha value is -1.43. The number of nitrogens with two attached hydrogens (primary N) is 1. The zero-order valence-electron chi connectivity index (χ0n) is 12.5. The number of aromatic nitrogens is 1. The van der Waals surface area contributed by atoms with Gasteiger partial charge in [-0.3, -0.25) is 16.3 Å². The van der Waals surface area contributed by atoms with Crippen LogP contribution >= 0.6 is 15.9 Å². The molecule has 5 heteroatoms. The summed E-state index contributed by atoms with van der Waals surface area (Å²) in [5, 5.41) is 0. The van der Waals surface area contributed by atoms with Gasteiger partial charge in [0.15, 0.2) is 0 Å². The van der Waals surface area contributed by atoms with E-state index in [9.17, 15) is 0 Å². The van der Waals surface area contributed by atoms with Crippen LogP contribution in [0.4, 0.5) is 0 Å². The minimum Gasteiger partial charge on any atom is -0.496 e. The second-order valence-corrected chi connectivity index (χ2v) is 5.98. The monoisotopic (exact) mass is 349 g/mol. The highest BCUT2D eigenvalue weighted by Crippen LogP contribution is 2.28. The Balaban J connectivity index is 2.32. The van der Waals surface area contributed by atoms with E-state index >= 15 is 0 Å². The molecule has 0 radical (unpaired) electrons. The third-order valence-electron chi connectivity index (χ3n) is 3.37. The Morgan fingerprint density at radius 2 is 1.90 bits per heavy atom. The SMILES string of the molecule is COc1ccc(Br)cc1CC(NN)c1cc(C)nc(C)c1. The van der Waals surface area contributed by atoms with Gasteiger partial charge in [-0.1, -0.05) is 15.9 Å². The van der Waals surface area contributed by atoms with Crippen LogP contribution in [-0.2, 0) is 6.42 Å². The number of ether oxygens (including phenoxy) is 1. The van der Waals surface area contributed by atoms with Gasteiger partial charge >= 0.3 is 0 Å². The van der Waals surface area contributed by atoms with Crippen LogP contribution < -0.4 is 16.0 Å². The zero-order valence-corrected chi connectivity index (χ0v) is 14.1. The number of aryl methyl sites for hydroxylation is 2. The molecule has 2 aromatic rings. The molecule has 112 valence electrons. The number of nitrogens with one attached hydrogen (secondary N) is 1. The number of halogens is 1. The lowest BCUT2D eigenvalue weighted by Crippen LogP contribution is -2.30. The van der Waals surface area contributed by atoms with Crippen LogP contribution in [0.3, 0.4) is 0 Å². The fraction of sp³-hybridized carbons (Fsp3) is 0.312. The van der Waals surface area contributed by atoms with Crippen molar-refractivity contribution in [2.75, 3.05) is 7.11 Å². The van der Waals surface area contributed by atoms with Gasteiger partial charge in [-0.05, 0) is 61.7 Å². The number of hydrazine groups is 1. The predicted octanol–water partition coefficient (Wildman–Crippen LogP) is 3.22. The van der Waals surface area contributed by atoms with Crippen molar-refractivity contribution in [1.82, 2.24) is 10.4 Å². The maximum Gasteiger partial charge on any atom is 0.122 e. The third-order valence-corrected chi connectivity index (χ3v) is 3.87. The third kappa shape index (κ3) is 4.03. The number of hydrogen-bond acceptors (Lipinski definition) is 4. The van der Waals surface area contributed by atoms with Gasteiger partial charge < -0.3 is 4.74 Å². The van der Waals surface area contributed by atoms with Gasteiger partial charge in [0.2, 0.25) is 0 Å². The van der Waals surface area contributed by atoms with Crippen LogP contribution in [0.2, 0.25) is 0 Å². The van der Waals surface area contributed by atoms with Gasteiger partial charge in [-0.2, -0.15) is 0 Å². The first-order valence-electron chi connectivity index (χ1n) is 6.77. The maximum atomic E-state index is 5.76. The molecule has 21 heavy (non-hydrogen) atoms. The highest BCUT2D eigenvalue weighted by atomic mass is 79.9. The lowest BCUT2D eigenvalue weighted by Gasteiger charge is -2.19. The molecule has 0 saturated carbocycles. The Kier molecular flexibility index (Phi) is 5.33. The van der Waals surface area contributed by atoms with Crippen molar-refractivity contribution in [2.24, 2.45) is 5.84 Å². The molecule has 1 atom stereocenters. The summed E-state index contributed by atoms with van der Waals surface area (Å²) in [6.07, 6.45) is 0.738. The molecule has 0 spiro atoms. The predicted molar refractivity (Wildman–Crippen MR) is 88.2 cm³/mol. The van der Waals surface area contributed by atoms with E-state index in [1.165, 1.54) is 0 Å². The van der Waals surface area contributed by atoms with Crippen molar-refractivity contribution in [3.8, 4) is 5.75 Å². The second kappa shape index (κ2) is 7.02. The van der Waals surface area contributed by atoms with Gasteiger partial charge in [0, 0.05) is 15.9 Å².